The molecule has 10 aromatic rings. The summed E-state index contributed by atoms with van der Waals surface area (Å²) in [6.45, 7) is 4.30. The van der Waals surface area contributed by atoms with Crippen molar-refractivity contribution >= 4 is 141 Å². The summed E-state index contributed by atoms with van der Waals surface area (Å²) in [4.78, 5) is 16.1. The van der Waals surface area contributed by atoms with Crippen LogP contribution in [0.1, 0.15) is 0 Å². The van der Waals surface area contributed by atoms with Crippen LogP contribution in [-0.4, -0.2) is 29.8 Å². The smallest absolute Gasteiger partial charge is 0.335 e. The first-order valence-corrected chi connectivity index (χ1v) is 24.7. The highest BCUT2D eigenvalue weighted by atomic mass is 32.2. The highest BCUT2D eigenvalue weighted by Crippen LogP contribution is 2.47. The molecule has 0 aliphatic carbocycles. The standard InChI is InChI=1S/C50H37NO2S6/c1-2-46(52)53-33-14-9-13-32(27-33)51-28-50(29-54-43-24-10-18-37-34-15-3-6-21-40(34)57-47(37)43,30-55-44-25-11-19-38-35-16-4-7-22-41(35)58-48(38)44)31-56-45-26-12-20-39-36-17-5-8-23-42(36)59-49(39)45/h2-27,51H,1,28-31H2. The lowest BCUT2D eigenvalue weighted by molar-refractivity contribution is -0.128. The maximum atomic E-state index is 12.2. The van der Waals surface area contributed by atoms with Gasteiger partial charge in [-0.25, -0.2) is 4.79 Å². The van der Waals surface area contributed by atoms with Gasteiger partial charge in [0.2, 0.25) is 0 Å². The summed E-state index contributed by atoms with van der Waals surface area (Å²) in [6, 6.07) is 54.3. The first-order chi connectivity index (χ1) is 29.0. The Morgan fingerprint density at radius 1 is 0.542 bits per heavy atom. The molecule has 0 saturated heterocycles. The van der Waals surface area contributed by atoms with E-state index < -0.39 is 5.97 Å². The molecule has 0 aliphatic rings. The lowest BCUT2D eigenvalue weighted by Crippen LogP contribution is -2.37. The number of benzene rings is 7. The van der Waals surface area contributed by atoms with Crippen molar-refractivity contribution in [1.82, 2.24) is 0 Å². The average molecular weight is 876 g/mol. The minimum Gasteiger partial charge on any atom is -0.423 e. The predicted octanol–water partition coefficient (Wildman–Crippen LogP) is 15.7. The number of rotatable bonds is 14. The Bertz CT molecular complexity index is 2900. The molecule has 0 saturated carbocycles. The number of nitrogens with one attached hydrogen (secondary N) is 1. The van der Waals surface area contributed by atoms with Crippen LogP contribution in [0.3, 0.4) is 0 Å². The van der Waals surface area contributed by atoms with Crippen molar-refractivity contribution in [3.8, 4) is 5.75 Å². The molecule has 0 radical (unpaired) electrons. The van der Waals surface area contributed by atoms with Crippen molar-refractivity contribution in [1.29, 1.82) is 0 Å². The number of ether oxygens (including phenoxy) is 1. The van der Waals surface area contributed by atoms with Crippen molar-refractivity contribution in [2.24, 2.45) is 5.41 Å². The van der Waals surface area contributed by atoms with E-state index in [0.717, 1.165) is 22.9 Å². The molecule has 0 aliphatic heterocycles. The highest BCUT2D eigenvalue weighted by Gasteiger charge is 2.33. The van der Waals surface area contributed by atoms with E-state index in [0.29, 0.717) is 12.3 Å². The van der Waals surface area contributed by atoms with Gasteiger partial charge in [0.25, 0.3) is 0 Å². The summed E-state index contributed by atoms with van der Waals surface area (Å²) in [5.74, 6) is 2.70. The summed E-state index contributed by atoms with van der Waals surface area (Å²) in [7, 11) is 0. The molecular formula is C50H37NO2S6. The number of hydrogen-bond donors (Lipinski definition) is 1. The van der Waals surface area contributed by atoms with E-state index >= 15 is 0 Å². The molecule has 290 valence electrons. The summed E-state index contributed by atoms with van der Waals surface area (Å²) >= 11 is 11.6. The zero-order valence-corrected chi connectivity index (χ0v) is 36.7. The molecule has 7 aromatic carbocycles. The van der Waals surface area contributed by atoms with E-state index in [1.54, 1.807) is 0 Å². The fourth-order valence-electron chi connectivity index (χ4n) is 7.59. The maximum absolute atomic E-state index is 12.2. The molecule has 0 atom stereocenters. The van der Waals surface area contributed by atoms with Gasteiger partial charge in [-0.15, -0.1) is 69.3 Å². The van der Waals surface area contributed by atoms with Crippen LogP contribution in [0.25, 0.3) is 60.5 Å². The molecule has 0 spiro atoms. The Morgan fingerprint density at radius 3 is 1.39 bits per heavy atom. The molecule has 59 heavy (non-hydrogen) atoms. The third-order valence-electron chi connectivity index (χ3n) is 10.6. The summed E-state index contributed by atoms with van der Waals surface area (Å²) in [6.07, 6.45) is 1.20. The second kappa shape index (κ2) is 16.7. The molecular weight excluding hydrogens is 839 g/mol. The summed E-state index contributed by atoms with van der Waals surface area (Å²) in [5.41, 5.74) is 0.707. The third kappa shape index (κ3) is 7.76. The van der Waals surface area contributed by atoms with E-state index in [-0.39, 0.29) is 5.41 Å². The SMILES string of the molecule is C=CC(=O)Oc1cccc(NCC(CSc2cccc3c2sc2ccccc23)(CSc2cccc3c2sc2ccccc23)CSc2cccc3c2sc2ccccc23)c1. The zero-order valence-electron chi connectivity index (χ0n) is 31.8. The second-order valence-electron chi connectivity index (χ2n) is 14.6. The zero-order chi connectivity index (χ0) is 39.8. The van der Waals surface area contributed by atoms with Gasteiger partial charge in [-0.1, -0.05) is 104 Å². The normalized spacial score (nSPS) is 12.0. The number of fused-ring (bicyclic) bond motifs is 9. The van der Waals surface area contributed by atoms with Gasteiger partial charge in [-0.2, -0.15) is 0 Å². The van der Waals surface area contributed by atoms with Gasteiger partial charge in [0.05, 0.1) is 0 Å². The lowest BCUT2D eigenvalue weighted by Gasteiger charge is -2.34. The molecule has 0 unspecified atom stereocenters. The molecule has 3 nitrogen and oxygen atoms in total. The Kier molecular flexibility index (Phi) is 10.9. The van der Waals surface area contributed by atoms with Gasteiger partial charge in [-0.05, 0) is 48.5 Å². The van der Waals surface area contributed by atoms with Gasteiger partial charge in [0.1, 0.15) is 5.75 Å². The van der Waals surface area contributed by atoms with Crippen LogP contribution < -0.4 is 10.1 Å². The van der Waals surface area contributed by atoms with Crippen molar-refractivity contribution in [2.75, 3.05) is 29.1 Å². The number of carbonyl (C=O) groups is 1. The Morgan fingerprint density at radius 2 is 0.949 bits per heavy atom. The van der Waals surface area contributed by atoms with Crippen LogP contribution in [-0.2, 0) is 4.79 Å². The van der Waals surface area contributed by atoms with E-state index in [1.807, 2.05) is 87.5 Å². The van der Waals surface area contributed by atoms with Crippen molar-refractivity contribution in [3.05, 3.63) is 164 Å². The van der Waals surface area contributed by atoms with E-state index in [4.69, 9.17) is 4.74 Å². The van der Waals surface area contributed by atoms with Gasteiger partial charge in [0, 0.05) is 122 Å². The first kappa shape index (κ1) is 38.5. The van der Waals surface area contributed by atoms with Crippen LogP contribution in [0, 0.1) is 5.41 Å². The molecule has 3 aromatic heterocycles. The van der Waals surface area contributed by atoms with E-state index in [9.17, 15) is 4.79 Å². The quantitative estimate of drug-likeness (QED) is 0.0508. The fourth-order valence-corrected chi connectivity index (χ4v) is 15.8. The molecule has 10 rings (SSSR count). The van der Waals surface area contributed by atoms with Crippen LogP contribution >= 0.6 is 69.3 Å². The van der Waals surface area contributed by atoms with Gasteiger partial charge in [-0.3, -0.25) is 0 Å². The molecule has 0 bridgehead atoms. The number of hydrogen-bond acceptors (Lipinski definition) is 9. The van der Waals surface area contributed by atoms with Crippen LogP contribution in [0.5, 0.6) is 5.75 Å². The van der Waals surface area contributed by atoms with E-state index in [1.165, 1.54) is 81.3 Å². The second-order valence-corrected chi connectivity index (χ2v) is 20.8. The topological polar surface area (TPSA) is 38.3 Å². The predicted molar refractivity (Wildman–Crippen MR) is 263 cm³/mol. The highest BCUT2D eigenvalue weighted by molar-refractivity contribution is 8.01. The minimum absolute atomic E-state index is 0.204. The summed E-state index contributed by atoms with van der Waals surface area (Å²) in [5, 5.41) is 11.8. The monoisotopic (exact) mass is 875 g/mol. The van der Waals surface area contributed by atoms with Crippen LogP contribution in [0.15, 0.2) is 179 Å². The third-order valence-corrected chi connectivity index (χ3v) is 18.9. The van der Waals surface area contributed by atoms with Gasteiger partial charge in [0.15, 0.2) is 0 Å². The number of thiophene rings is 3. The molecule has 3 heterocycles. The molecule has 0 fully saturated rings. The number of thioether (sulfide) groups is 3. The Labute approximate surface area is 367 Å². The number of carbonyl (C=O) groups excluding carboxylic acids is 1. The van der Waals surface area contributed by atoms with Crippen molar-refractivity contribution in [3.63, 3.8) is 0 Å². The van der Waals surface area contributed by atoms with Crippen molar-refractivity contribution < 1.29 is 9.53 Å². The Balaban J connectivity index is 1.05. The number of anilines is 1. The Hall–Kier alpha value is -4.74. The number of esters is 1. The molecule has 9 heteroatoms. The van der Waals surface area contributed by atoms with Gasteiger partial charge < -0.3 is 10.1 Å². The largest absolute Gasteiger partial charge is 0.423 e. The van der Waals surface area contributed by atoms with Crippen LogP contribution in [0.2, 0.25) is 0 Å². The first-order valence-electron chi connectivity index (χ1n) is 19.3. The lowest BCUT2D eigenvalue weighted by atomic mass is 9.95. The minimum atomic E-state index is -0.470. The summed E-state index contributed by atoms with van der Waals surface area (Å²) < 4.78 is 13.5. The maximum Gasteiger partial charge on any atom is 0.335 e. The molecule has 1 N–H and O–H groups in total. The van der Waals surface area contributed by atoms with Gasteiger partial charge >= 0.3 is 5.97 Å². The average Bonchev–Trinajstić information content (AvgIpc) is 3.98. The fraction of sp³-hybridized carbons (Fsp3) is 0.100. The van der Waals surface area contributed by atoms with Crippen LogP contribution in [0.4, 0.5) is 5.69 Å². The molecule has 0 amide bonds. The van der Waals surface area contributed by atoms with Crippen molar-refractivity contribution in [2.45, 2.75) is 14.7 Å². The van der Waals surface area contributed by atoms with E-state index in [2.05, 4.69) is 145 Å².